The molecule has 0 fully saturated rings. The first-order chi connectivity index (χ1) is 5.83. The third-order valence-corrected chi connectivity index (χ3v) is 1.83. The summed E-state index contributed by atoms with van der Waals surface area (Å²) in [6.45, 7) is 12.3. The van der Waals surface area contributed by atoms with E-state index in [-0.39, 0.29) is 5.54 Å². The third-order valence-electron chi connectivity index (χ3n) is 1.83. The Kier molecular flexibility index (Phi) is 5.53. The summed E-state index contributed by atoms with van der Waals surface area (Å²) < 4.78 is 0. The molecule has 0 rings (SSSR count). The maximum atomic E-state index is 6.09. The molecule has 0 aliphatic heterocycles. The number of nitrogens with one attached hydrogen (secondary N) is 2. The van der Waals surface area contributed by atoms with Crippen molar-refractivity contribution in [2.24, 2.45) is 5.73 Å². The van der Waals surface area contributed by atoms with Gasteiger partial charge in [-0.05, 0) is 6.92 Å². The van der Waals surface area contributed by atoms with E-state index in [2.05, 4.69) is 45.3 Å². The molecule has 0 radical (unpaired) electrons. The number of hydrogen-bond acceptors (Lipinski definition) is 3. The summed E-state index contributed by atoms with van der Waals surface area (Å²) in [6.07, 6.45) is 0. The van der Waals surface area contributed by atoms with E-state index in [4.69, 9.17) is 5.73 Å². The number of nitrogens with two attached hydrogens (primary N) is 1. The Morgan fingerprint density at radius 1 is 1.00 bits per heavy atom. The highest BCUT2D eigenvalue weighted by Crippen LogP contribution is 1.96. The molecule has 0 heterocycles. The molecule has 0 aromatic rings. The van der Waals surface area contributed by atoms with Crippen LogP contribution in [0.2, 0.25) is 0 Å². The van der Waals surface area contributed by atoms with Crippen molar-refractivity contribution in [2.45, 2.75) is 52.2 Å². The van der Waals surface area contributed by atoms with Gasteiger partial charge in [-0.3, -0.25) is 0 Å². The molecule has 0 aromatic carbocycles. The topological polar surface area (TPSA) is 50.1 Å². The predicted octanol–water partition coefficient (Wildman–Crippen LogP) is 0.700. The van der Waals surface area contributed by atoms with Crippen LogP contribution in [0.5, 0.6) is 0 Å². The summed E-state index contributed by atoms with van der Waals surface area (Å²) in [7, 11) is 0. The van der Waals surface area contributed by atoms with Crippen LogP contribution in [0.1, 0.15) is 34.6 Å². The van der Waals surface area contributed by atoms with Gasteiger partial charge in [0.15, 0.2) is 0 Å². The van der Waals surface area contributed by atoms with Gasteiger partial charge >= 0.3 is 0 Å². The Hall–Kier alpha value is -0.120. The monoisotopic (exact) mass is 187 g/mol. The zero-order valence-electron chi connectivity index (χ0n) is 9.65. The zero-order chi connectivity index (χ0) is 10.5. The lowest BCUT2D eigenvalue weighted by Crippen LogP contribution is -2.55. The van der Waals surface area contributed by atoms with Crippen molar-refractivity contribution in [3.05, 3.63) is 0 Å². The molecular formula is C10H25N3. The summed E-state index contributed by atoms with van der Waals surface area (Å²) in [5, 5.41) is 6.69. The summed E-state index contributed by atoms with van der Waals surface area (Å²) in [5.74, 6) is 0. The molecule has 0 aromatic heterocycles. The fourth-order valence-corrected chi connectivity index (χ4v) is 0.937. The van der Waals surface area contributed by atoms with Crippen LogP contribution in [0, 0.1) is 0 Å². The maximum Gasteiger partial charge on any atom is 0.0378 e. The summed E-state index contributed by atoms with van der Waals surface area (Å²) in [5.41, 5.74) is 5.93. The summed E-state index contributed by atoms with van der Waals surface area (Å²) >= 11 is 0. The van der Waals surface area contributed by atoms with Crippen molar-refractivity contribution in [2.75, 3.05) is 13.1 Å². The maximum absolute atomic E-state index is 6.09. The SMILES string of the molecule is CC(C)NCC(C)(N)CNC(C)C. The normalized spacial score (nSPS) is 12.9. The largest absolute Gasteiger partial charge is 0.323 e. The Morgan fingerprint density at radius 3 is 1.54 bits per heavy atom. The van der Waals surface area contributed by atoms with Crippen LogP contribution in [-0.4, -0.2) is 30.7 Å². The highest BCUT2D eigenvalue weighted by molar-refractivity contribution is 4.84. The van der Waals surface area contributed by atoms with Crippen LogP contribution in [0.4, 0.5) is 0 Å². The lowest BCUT2D eigenvalue weighted by atomic mass is 10.0. The average molecular weight is 187 g/mol. The molecule has 0 saturated heterocycles. The molecule has 0 aliphatic carbocycles. The first kappa shape index (κ1) is 12.9. The highest BCUT2D eigenvalue weighted by atomic mass is 15.0. The quantitative estimate of drug-likeness (QED) is 0.574. The van der Waals surface area contributed by atoms with Gasteiger partial charge in [0.05, 0.1) is 0 Å². The Labute approximate surface area is 82.5 Å². The van der Waals surface area contributed by atoms with E-state index in [1.165, 1.54) is 0 Å². The zero-order valence-corrected chi connectivity index (χ0v) is 9.65. The van der Waals surface area contributed by atoms with E-state index < -0.39 is 0 Å². The van der Waals surface area contributed by atoms with Gasteiger partial charge in [-0.25, -0.2) is 0 Å². The summed E-state index contributed by atoms with van der Waals surface area (Å²) in [4.78, 5) is 0. The predicted molar refractivity (Wildman–Crippen MR) is 58.9 cm³/mol. The van der Waals surface area contributed by atoms with Gasteiger partial charge in [-0.2, -0.15) is 0 Å². The van der Waals surface area contributed by atoms with Crippen LogP contribution in [0.25, 0.3) is 0 Å². The smallest absolute Gasteiger partial charge is 0.0378 e. The van der Waals surface area contributed by atoms with E-state index in [1.807, 2.05) is 0 Å². The first-order valence-electron chi connectivity index (χ1n) is 5.09. The molecule has 3 heteroatoms. The van der Waals surface area contributed by atoms with E-state index in [9.17, 15) is 0 Å². The molecule has 4 N–H and O–H groups in total. The van der Waals surface area contributed by atoms with Gasteiger partial charge in [-0.1, -0.05) is 27.7 Å². The minimum Gasteiger partial charge on any atom is -0.323 e. The lowest BCUT2D eigenvalue weighted by Gasteiger charge is -2.27. The van der Waals surface area contributed by atoms with Crippen molar-refractivity contribution in [3.8, 4) is 0 Å². The third kappa shape index (κ3) is 8.22. The molecule has 0 atom stereocenters. The number of rotatable bonds is 6. The van der Waals surface area contributed by atoms with Crippen molar-refractivity contribution < 1.29 is 0 Å². The fraction of sp³-hybridized carbons (Fsp3) is 1.00. The van der Waals surface area contributed by atoms with E-state index in [0.29, 0.717) is 12.1 Å². The van der Waals surface area contributed by atoms with Gasteiger partial charge in [0.1, 0.15) is 0 Å². The van der Waals surface area contributed by atoms with Crippen molar-refractivity contribution in [1.82, 2.24) is 10.6 Å². The molecule has 0 unspecified atom stereocenters. The molecule has 13 heavy (non-hydrogen) atoms. The lowest BCUT2D eigenvalue weighted by molar-refractivity contribution is 0.373. The highest BCUT2D eigenvalue weighted by Gasteiger charge is 2.18. The minimum atomic E-state index is -0.158. The van der Waals surface area contributed by atoms with Gasteiger partial charge in [0.2, 0.25) is 0 Å². The molecule has 0 amide bonds. The van der Waals surface area contributed by atoms with Crippen LogP contribution in [-0.2, 0) is 0 Å². The molecule has 0 spiro atoms. The van der Waals surface area contributed by atoms with Crippen LogP contribution < -0.4 is 16.4 Å². The molecular weight excluding hydrogens is 162 g/mol. The van der Waals surface area contributed by atoms with E-state index in [1.54, 1.807) is 0 Å². The van der Waals surface area contributed by atoms with Crippen LogP contribution >= 0.6 is 0 Å². The van der Waals surface area contributed by atoms with E-state index >= 15 is 0 Å². The number of hydrogen-bond donors (Lipinski definition) is 3. The molecule has 0 aliphatic rings. The van der Waals surface area contributed by atoms with Gasteiger partial charge in [0, 0.05) is 30.7 Å². The summed E-state index contributed by atoms with van der Waals surface area (Å²) in [6, 6.07) is 1.00. The first-order valence-corrected chi connectivity index (χ1v) is 5.09. The van der Waals surface area contributed by atoms with Crippen molar-refractivity contribution in [1.29, 1.82) is 0 Å². The van der Waals surface area contributed by atoms with Crippen molar-refractivity contribution in [3.63, 3.8) is 0 Å². The second kappa shape index (κ2) is 5.58. The average Bonchev–Trinajstić information content (AvgIpc) is 1.98. The van der Waals surface area contributed by atoms with Gasteiger partial charge in [0.25, 0.3) is 0 Å². The minimum absolute atomic E-state index is 0.158. The molecule has 0 saturated carbocycles. The second-order valence-corrected chi connectivity index (χ2v) is 4.73. The van der Waals surface area contributed by atoms with E-state index in [0.717, 1.165) is 13.1 Å². The van der Waals surface area contributed by atoms with Gasteiger partial charge < -0.3 is 16.4 Å². The Bertz CT molecular complexity index is 116. The fourth-order valence-electron chi connectivity index (χ4n) is 0.937. The second-order valence-electron chi connectivity index (χ2n) is 4.73. The Balaban J connectivity index is 3.66. The van der Waals surface area contributed by atoms with Crippen LogP contribution in [0.15, 0.2) is 0 Å². The Morgan fingerprint density at radius 2 is 1.31 bits per heavy atom. The van der Waals surface area contributed by atoms with Crippen molar-refractivity contribution >= 4 is 0 Å². The van der Waals surface area contributed by atoms with Gasteiger partial charge in [-0.15, -0.1) is 0 Å². The standard InChI is InChI=1S/C10H25N3/c1-8(2)12-6-10(5,11)7-13-9(3)4/h8-9,12-13H,6-7,11H2,1-5H3. The molecule has 3 nitrogen and oxygen atoms in total. The molecule has 0 bridgehead atoms. The van der Waals surface area contributed by atoms with Crippen LogP contribution in [0.3, 0.4) is 0 Å². The molecule has 80 valence electrons.